The summed E-state index contributed by atoms with van der Waals surface area (Å²) in [6.45, 7) is 0. The van der Waals surface area contributed by atoms with E-state index in [0.29, 0.717) is 0 Å². The summed E-state index contributed by atoms with van der Waals surface area (Å²) < 4.78 is 13.4. The van der Waals surface area contributed by atoms with Crippen LogP contribution in [0.3, 0.4) is 0 Å². The Bertz CT molecular complexity index is 1220. The molecular formula is C20H18Ti. The number of fused-ring (bicyclic) bond motifs is 10. The molecule has 4 atom stereocenters. The monoisotopic (exact) mass is 306 g/mol. The standard InChI is InChI=1S/C15H13.C5H5.Ti/c1-2-7-12(6-1)14-10-5-11-15(14)13-8-3-4-9-13;1-2-4-5-3-1;/h1-6,8,10-11H,7,9H2;1-5H;. The van der Waals surface area contributed by atoms with Gasteiger partial charge >= 0.3 is 111 Å². The Morgan fingerprint density at radius 2 is 1.19 bits per heavy atom. The van der Waals surface area contributed by atoms with E-state index in [4.69, 9.17) is 0 Å². The Morgan fingerprint density at radius 1 is 0.714 bits per heavy atom. The van der Waals surface area contributed by atoms with Gasteiger partial charge in [0, 0.05) is 0 Å². The molecule has 0 bridgehead atoms. The molecule has 0 saturated carbocycles. The zero-order chi connectivity index (χ0) is 12.7. The van der Waals surface area contributed by atoms with Gasteiger partial charge in [0.25, 0.3) is 0 Å². The van der Waals surface area contributed by atoms with Crippen molar-refractivity contribution >= 4 is 0 Å². The van der Waals surface area contributed by atoms with Gasteiger partial charge in [-0.3, -0.25) is 0 Å². The van der Waals surface area contributed by atoms with Crippen LogP contribution in [0.4, 0.5) is 0 Å². The minimum atomic E-state index is -3.59. The summed E-state index contributed by atoms with van der Waals surface area (Å²) in [6, 6.07) is 0. The molecule has 4 unspecified atom stereocenters. The molecule has 12 aliphatic rings. The van der Waals surface area contributed by atoms with Crippen LogP contribution in [0.5, 0.6) is 0 Å². The van der Waals surface area contributed by atoms with E-state index in [-0.39, 0.29) is 0 Å². The summed E-state index contributed by atoms with van der Waals surface area (Å²) in [5.74, 6) is 0. The first kappa shape index (κ1) is 7.98. The third-order valence-corrected chi connectivity index (χ3v) is 83.7. The van der Waals surface area contributed by atoms with Crippen LogP contribution in [0.25, 0.3) is 0 Å². The van der Waals surface area contributed by atoms with Crippen molar-refractivity contribution in [2.75, 3.05) is 0 Å². The van der Waals surface area contributed by atoms with Gasteiger partial charge in [0.15, 0.2) is 0 Å². The van der Waals surface area contributed by atoms with Crippen molar-refractivity contribution in [3.8, 4) is 0 Å². The fourth-order valence-electron chi connectivity index (χ4n) is 28.0. The zero-order valence-corrected chi connectivity index (χ0v) is 13.6. The van der Waals surface area contributed by atoms with E-state index in [9.17, 15) is 0 Å². The molecule has 10 fully saturated rings. The molecule has 0 aromatic heterocycles. The molecule has 10 heterocycles. The van der Waals surface area contributed by atoms with Gasteiger partial charge in [-0.1, -0.05) is 0 Å². The molecule has 0 aromatic carbocycles. The summed E-state index contributed by atoms with van der Waals surface area (Å²) in [6.07, 6.45) is 17.8. The summed E-state index contributed by atoms with van der Waals surface area (Å²) in [5, 5.41) is 0. The van der Waals surface area contributed by atoms with Crippen LogP contribution in [0, 0.1) is 0 Å². The number of hydrogen-bond donors (Lipinski definition) is 0. The van der Waals surface area contributed by atoms with Gasteiger partial charge < -0.3 is 0 Å². The first-order chi connectivity index (χ1) is 10.1. The van der Waals surface area contributed by atoms with E-state index in [2.05, 4.69) is 36.5 Å². The first-order valence-electron chi connectivity index (χ1n) is 9.90. The van der Waals surface area contributed by atoms with Gasteiger partial charge in [-0.05, 0) is 0 Å². The van der Waals surface area contributed by atoms with E-state index < -0.39 is 8.89 Å². The summed E-state index contributed by atoms with van der Waals surface area (Å²) in [4.78, 5) is 0. The summed E-state index contributed by atoms with van der Waals surface area (Å²) in [7, 11) is -3.59. The van der Waals surface area contributed by atoms with E-state index in [0.717, 1.165) is 7.44 Å². The Labute approximate surface area is 110 Å². The average molecular weight is 306 g/mol. The Kier molecular flexibility index (Phi) is 0.291. The van der Waals surface area contributed by atoms with Crippen molar-refractivity contribution in [3.63, 3.8) is 0 Å². The van der Waals surface area contributed by atoms with Crippen molar-refractivity contribution < 1.29 is 8.89 Å². The number of allylic oxidation sites excluding steroid dienone is 8. The van der Waals surface area contributed by atoms with Crippen molar-refractivity contribution in [3.05, 3.63) is 47.6 Å². The normalized spacial score (nSPS) is 108. The van der Waals surface area contributed by atoms with E-state index in [1.165, 1.54) is 46.6 Å². The van der Waals surface area contributed by atoms with Gasteiger partial charge in [0.2, 0.25) is 0 Å². The van der Waals surface area contributed by atoms with Gasteiger partial charge in [-0.2, -0.15) is 0 Å². The molecule has 0 N–H and O–H groups in total. The maximum atomic E-state index is 2.64. The van der Waals surface area contributed by atoms with Crippen LogP contribution in [-0.4, -0.2) is 0 Å². The molecule has 0 amide bonds. The molecule has 10 saturated heterocycles. The van der Waals surface area contributed by atoms with Crippen LogP contribution in [0.2, 0.25) is 41.2 Å². The quantitative estimate of drug-likeness (QED) is 0.558. The van der Waals surface area contributed by atoms with Crippen LogP contribution in [-0.2, 0) is 8.89 Å². The first-order valence-corrected chi connectivity index (χ1v) is 18.7. The molecule has 12 rings (SSSR count). The molecule has 1 spiro atoms. The number of rotatable bonds is 2. The van der Waals surface area contributed by atoms with Crippen molar-refractivity contribution in [2.24, 2.45) is 0 Å². The summed E-state index contributed by atoms with van der Waals surface area (Å²) in [5.41, 5.74) is 4.04. The fourth-order valence-corrected chi connectivity index (χ4v) is 153. The van der Waals surface area contributed by atoms with Crippen molar-refractivity contribution in [1.29, 1.82) is 0 Å². The van der Waals surface area contributed by atoms with Gasteiger partial charge in [0.05, 0.1) is 0 Å². The number of hydrogen-bond acceptors (Lipinski definition) is 0. The Hall–Kier alpha value is -0.326. The molecular weight excluding hydrogens is 288 g/mol. The average Bonchev–Trinajstić information content (AvgIpc) is 3.40. The van der Waals surface area contributed by atoms with Gasteiger partial charge in [-0.25, -0.2) is 0 Å². The predicted octanol–water partition coefficient (Wildman–Crippen LogP) is 5.89. The molecule has 102 valence electrons. The van der Waals surface area contributed by atoms with E-state index in [1.807, 2.05) is 11.1 Å². The van der Waals surface area contributed by atoms with Crippen LogP contribution in [0.15, 0.2) is 47.6 Å². The van der Waals surface area contributed by atoms with Crippen LogP contribution < -0.4 is 0 Å². The molecule has 0 radical (unpaired) electrons. The fraction of sp³-hybridized carbons (Fsp3) is 0.600. The SMILES string of the molecule is C1=CCC([C]23[CH]4[CH]5[CH]6[C]2(C2=CC=CC2)[Ti]54632789[CH]3[CH]2[CH]7[CH]8[CH]39)=C1. The molecule has 2 aliphatic carbocycles. The third-order valence-electron chi connectivity index (χ3n) is 23.0. The Morgan fingerprint density at radius 3 is 1.48 bits per heavy atom. The minimum absolute atomic E-state index is 0.949. The van der Waals surface area contributed by atoms with Gasteiger partial charge in [0.1, 0.15) is 0 Å². The van der Waals surface area contributed by atoms with Crippen LogP contribution in [0.1, 0.15) is 12.8 Å². The molecule has 1 heteroatoms. The molecule has 0 aromatic rings. The second kappa shape index (κ2) is 0.765. The molecule has 21 heavy (non-hydrogen) atoms. The van der Waals surface area contributed by atoms with Crippen molar-refractivity contribution in [2.45, 2.75) is 54.1 Å². The second-order valence-corrected chi connectivity index (χ2v) is 48.3. The van der Waals surface area contributed by atoms with Crippen LogP contribution >= 0.6 is 0 Å². The van der Waals surface area contributed by atoms with Gasteiger partial charge in [-0.15, -0.1) is 0 Å². The zero-order valence-electron chi connectivity index (χ0n) is 12.0. The Balaban J connectivity index is 1.48. The van der Waals surface area contributed by atoms with E-state index in [1.54, 1.807) is 0 Å². The summed E-state index contributed by atoms with van der Waals surface area (Å²) >= 11 is 0. The van der Waals surface area contributed by atoms with Crippen molar-refractivity contribution in [1.82, 2.24) is 0 Å². The predicted molar refractivity (Wildman–Crippen MR) is 79.1 cm³/mol. The second-order valence-electron chi connectivity index (χ2n) is 15.5. The molecule has 0 nitrogen and oxygen atoms in total. The topological polar surface area (TPSA) is 0 Å². The third kappa shape index (κ3) is 0.0963. The maximum absolute atomic E-state index is 3.59. The molecule has 10 aliphatic heterocycles. The van der Waals surface area contributed by atoms with E-state index >= 15 is 0 Å².